The van der Waals surface area contributed by atoms with Crippen LogP contribution >= 0.6 is 11.3 Å². The Labute approximate surface area is 101 Å². The number of hydrogen-bond donors (Lipinski definition) is 2. The first-order valence-corrected chi connectivity index (χ1v) is 6.54. The highest BCUT2D eigenvalue weighted by Gasteiger charge is 2.20. The molecule has 1 unspecified atom stereocenters. The number of amides is 1. The van der Waals surface area contributed by atoms with Gasteiger partial charge in [0.25, 0.3) is 0 Å². The van der Waals surface area contributed by atoms with Crippen molar-refractivity contribution in [1.29, 1.82) is 0 Å². The zero-order valence-electron chi connectivity index (χ0n) is 9.90. The first kappa shape index (κ1) is 13.2. The van der Waals surface area contributed by atoms with Gasteiger partial charge in [-0.25, -0.2) is 0 Å². The van der Waals surface area contributed by atoms with Crippen molar-refractivity contribution in [3.63, 3.8) is 0 Å². The van der Waals surface area contributed by atoms with E-state index in [9.17, 15) is 4.79 Å². The van der Waals surface area contributed by atoms with E-state index in [-0.39, 0.29) is 11.8 Å². The van der Waals surface area contributed by atoms with Crippen LogP contribution in [0.1, 0.15) is 31.1 Å². The molecule has 3 nitrogen and oxygen atoms in total. The number of thiophene rings is 1. The minimum absolute atomic E-state index is 0.0799. The lowest BCUT2D eigenvalue weighted by molar-refractivity contribution is -0.122. The number of carbonyl (C=O) groups excluding carboxylic acids is 1. The quantitative estimate of drug-likeness (QED) is 0.798. The minimum Gasteiger partial charge on any atom is -0.355 e. The molecule has 0 bridgehead atoms. The molecule has 1 aromatic rings. The van der Waals surface area contributed by atoms with Crippen LogP contribution in [0.3, 0.4) is 0 Å². The first-order valence-electron chi connectivity index (χ1n) is 5.66. The Bertz CT molecular complexity index is 309. The summed E-state index contributed by atoms with van der Waals surface area (Å²) in [5.74, 6) is 0.496. The average Bonchev–Trinajstić information content (AvgIpc) is 2.75. The molecule has 16 heavy (non-hydrogen) atoms. The third kappa shape index (κ3) is 3.94. The summed E-state index contributed by atoms with van der Waals surface area (Å²) in [7, 11) is 0. The Balaban J connectivity index is 2.60. The summed E-state index contributed by atoms with van der Waals surface area (Å²) in [4.78, 5) is 13.1. The Morgan fingerprint density at radius 2 is 2.31 bits per heavy atom. The van der Waals surface area contributed by atoms with Gasteiger partial charge in [-0.1, -0.05) is 19.9 Å². The van der Waals surface area contributed by atoms with Crippen LogP contribution in [0.2, 0.25) is 0 Å². The predicted molar refractivity (Wildman–Crippen MR) is 68.6 cm³/mol. The highest BCUT2D eigenvalue weighted by Crippen LogP contribution is 2.24. The van der Waals surface area contributed by atoms with E-state index in [4.69, 9.17) is 5.73 Å². The van der Waals surface area contributed by atoms with Crippen molar-refractivity contribution in [2.75, 3.05) is 13.1 Å². The molecule has 4 heteroatoms. The van der Waals surface area contributed by atoms with Crippen LogP contribution in [0.25, 0.3) is 0 Å². The Hall–Kier alpha value is -0.870. The number of hydrogen-bond acceptors (Lipinski definition) is 3. The molecular formula is C12H20N2OS. The predicted octanol–water partition coefficient (Wildman–Crippen LogP) is 1.95. The van der Waals surface area contributed by atoms with Gasteiger partial charge in [0, 0.05) is 11.4 Å². The number of nitrogens with one attached hydrogen (secondary N) is 1. The normalized spacial score (nSPS) is 12.8. The molecule has 1 atom stereocenters. The third-order valence-electron chi connectivity index (χ3n) is 2.34. The van der Waals surface area contributed by atoms with Crippen molar-refractivity contribution in [3.05, 3.63) is 22.4 Å². The lowest BCUT2D eigenvalue weighted by atomic mass is 10.0. The van der Waals surface area contributed by atoms with Crippen molar-refractivity contribution >= 4 is 17.2 Å². The topological polar surface area (TPSA) is 55.1 Å². The van der Waals surface area contributed by atoms with Gasteiger partial charge >= 0.3 is 0 Å². The second kappa shape index (κ2) is 6.66. The molecule has 0 aromatic carbocycles. The highest BCUT2D eigenvalue weighted by atomic mass is 32.1. The van der Waals surface area contributed by atoms with Gasteiger partial charge in [0.05, 0.1) is 5.92 Å². The molecule has 1 rings (SSSR count). The molecule has 0 saturated heterocycles. The van der Waals surface area contributed by atoms with Crippen molar-refractivity contribution in [2.45, 2.75) is 26.2 Å². The van der Waals surface area contributed by atoms with Gasteiger partial charge in [0.15, 0.2) is 0 Å². The summed E-state index contributed by atoms with van der Waals surface area (Å²) in [5, 5.41) is 4.96. The molecule has 0 spiro atoms. The maximum Gasteiger partial charge on any atom is 0.228 e. The van der Waals surface area contributed by atoms with E-state index in [1.165, 1.54) is 0 Å². The first-order chi connectivity index (χ1) is 7.65. The van der Waals surface area contributed by atoms with Gasteiger partial charge in [-0.15, -0.1) is 11.3 Å². The SMILES string of the molecule is CC(C)CNC(=O)C(CCN)c1cccs1. The van der Waals surface area contributed by atoms with Gasteiger partial charge in [-0.05, 0) is 30.3 Å². The largest absolute Gasteiger partial charge is 0.355 e. The number of nitrogens with two attached hydrogens (primary N) is 1. The summed E-state index contributed by atoms with van der Waals surface area (Å²) < 4.78 is 0. The molecule has 1 aromatic heterocycles. The van der Waals surface area contributed by atoms with E-state index in [1.807, 2.05) is 17.5 Å². The zero-order valence-corrected chi connectivity index (χ0v) is 10.7. The lowest BCUT2D eigenvalue weighted by Gasteiger charge is -2.15. The molecule has 0 saturated carbocycles. The summed E-state index contributed by atoms with van der Waals surface area (Å²) in [5.41, 5.74) is 5.55. The van der Waals surface area contributed by atoms with Gasteiger partial charge < -0.3 is 11.1 Å². The fourth-order valence-electron chi connectivity index (χ4n) is 1.49. The van der Waals surface area contributed by atoms with Crippen LogP contribution < -0.4 is 11.1 Å². The molecule has 0 aliphatic carbocycles. The highest BCUT2D eigenvalue weighted by molar-refractivity contribution is 7.10. The zero-order chi connectivity index (χ0) is 12.0. The van der Waals surface area contributed by atoms with E-state index < -0.39 is 0 Å². The molecule has 0 aliphatic rings. The maximum absolute atomic E-state index is 12.0. The second-order valence-corrected chi connectivity index (χ2v) is 5.26. The van der Waals surface area contributed by atoms with Crippen LogP contribution in [0.15, 0.2) is 17.5 Å². The fourth-order valence-corrected chi connectivity index (χ4v) is 2.35. The molecule has 1 heterocycles. The van der Waals surface area contributed by atoms with Crippen LogP contribution in [-0.4, -0.2) is 19.0 Å². The van der Waals surface area contributed by atoms with E-state index >= 15 is 0 Å². The maximum atomic E-state index is 12.0. The van der Waals surface area contributed by atoms with Gasteiger partial charge in [0.2, 0.25) is 5.91 Å². The van der Waals surface area contributed by atoms with E-state index in [0.717, 1.165) is 11.4 Å². The Morgan fingerprint density at radius 1 is 1.56 bits per heavy atom. The third-order valence-corrected chi connectivity index (χ3v) is 3.33. The summed E-state index contributed by atoms with van der Waals surface area (Å²) in [6.45, 7) is 5.44. The molecule has 1 amide bonds. The smallest absolute Gasteiger partial charge is 0.228 e. The molecule has 0 radical (unpaired) electrons. The number of rotatable bonds is 6. The minimum atomic E-state index is -0.0799. The second-order valence-electron chi connectivity index (χ2n) is 4.28. The summed E-state index contributed by atoms with van der Waals surface area (Å²) in [6, 6.07) is 3.97. The Morgan fingerprint density at radius 3 is 2.81 bits per heavy atom. The Kier molecular flexibility index (Phi) is 5.49. The fraction of sp³-hybridized carbons (Fsp3) is 0.583. The standard InChI is InChI=1S/C12H20N2OS/c1-9(2)8-14-12(15)10(5-6-13)11-4-3-7-16-11/h3-4,7,9-10H,5-6,8,13H2,1-2H3,(H,14,15). The van der Waals surface area contributed by atoms with E-state index in [0.29, 0.717) is 18.9 Å². The summed E-state index contributed by atoms with van der Waals surface area (Å²) >= 11 is 1.62. The lowest BCUT2D eigenvalue weighted by Crippen LogP contribution is -2.32. The van der Waals surface area contributed by atoms with E-state index in [1.54, 1.807) is 11.3 Å². The van der Waals surface area contributed by atoms with Crippen molar-refractivity contribution in [1.82, 2.24) is 5.32 Å². The van der Waals surface area contributed by atoms with E-state index in [2.05, 4.69) is 19.2 Å². The van der Waals surface area contributed by atoms with Crippen LogP contribution in [0.5, 0.6) is 0 Å². The molecule has 90 valence electrons. The monoisotopic (exact) mass is 240 g/mol. The van der Waals surface area contributed by atoms with Crippen LogP contribution in [0, 0.1) is 5.92 Å². The molecule has 0 aliphatic heterocycles. The van der Waals surface area contributed by atoms with Crippen LogP contribution in [-0.2, 0) is 4.79 Å². The van der Waals surface area contributed by atoms with Gasteiger partial charge in [-0.3, -0.25) is 4.79 Å². The molecular weight excluding hydrogens is 220 g/mol. The average molecular weight is 240 g/mol. The van der Waals surface area contributed by atoms with Gasteiger partial charge in [0.1, 0.15) is 0 Å². The molecule has 0 fully saturated rings. The van der Waals surface area contributed by atoms with Crippen molar-refractivity contribution in [2.24, 2.45) is 11.7 Å². The summed E-state index contributed by atoms with van der Waals surface area (Å²) in [6.07, 6.45) is 0.713. The number of carbonyl (C=O) groups is 1. The molecule has 3 N–H and O–H groups in total. The van der Waals surface area contributed by atoms with Crippen molar-refractivity contribution < 1.29 is 4.79 Å². The van der Waals surface area contributed by atoms with Crippen molar-refractivity contribution in [3.8, 4) is 0 Å². The van der Waals surface area contributed by atoms with Crippen LogP contribution in [0.4, 0.5) is 0 Å². The van der Waals surface area contributed by atoms with Gasteiger partial charge in [-0.2, -0.15) is 0 Å².